The van der Waals surface area contributed by atoms with E-state index in [2.05, 4.69) is 25.3 Å². The molecule has 3 saturated carbocycles. The van der Waals surface area contributed by atoms with Gasteiger partial charge in [0.05, 0.1) is 5.92 Å². The van der Waals surface area contributed by atoms with E-state index in [-0.39, 0.29) is 18.8 Å². The standard InChI is InChI=1S/C39H54F6O2/c1-3-5-6-7-8-9-28-10-12-29(13-11-28)14-15-30-18-22-32(23-19-30)39(44,45)47-35-25-24-34(37(42)38(35)43)46-26-33(40)36(41)31-20-16-27(4-2)17-21-31/h4,24-25,27-33,36H,2-3,5-13,16-23,26H2,1H3. The molecule has 0 radical (unpaired) electrons. The van der Waals surface area contributed by atoms with Gasteiger partial charge in [0, 0.05) is 11.8 Å². The van der Waals surface area contributed by atoms with Crippen molar-refractivity contribution in [2.24, 2.45) is 35.5 Å². The summed E-state index contributed by atoms with van der Waals surface area (Å²) >= 11 is 0. The third-order valence-corrected chi connectivity index (χ3v) is 10.9. The molecule has 3 aliphatic rings. The summed E-state index contributed by atoms with van der Waals surface area (Å²) < 4.78 is 98.7. The molecule has 0 aliphatic heterocycles. The number of ether oxygens (including phenoxy) is 2. The smallest absolute Gasteiger partial charge is 0.400 e. The molecule has 0 spiro atoms. The van der Waals surface area contributed by atoms with E-state index in [1.54, 1.807) is 0 Å². The van der Waals surface area contributed by atoms with Crippen LogP contribution in [0.15, 0.2) is 24.8 Å². The normalized spacial score (nSPS) is 28.1. The van der Waals surface area contributed by atoms with E-state index in [0.717, 1.165) is 43.7 Å². The highest BCUT2D eigenvalue weighted by atomic mass is 19.3. The second-order valence-electron chi connectivity index (χ2n) is 14.3. The molecule has 4 rings (SSSR count). The number of halogens is 6. The minimum atomic E-state index is -3.71. The van der Waals surface area contributed by atoms with Crippen molar-refractivity contribution >= 4 is 0 Å². The van der Waals surface area contributed by atoms with E-state index in [1.807, 2.05) is 6.08 Å². The molecule has 264 valence electrons. The predicted molar refractivity (Wildman–Crippen MR) is 175 cm³/mol. The van der Waals surface area contributed by atoms with Crippen molar-refractivity contribution in [1.82, 2.24) is 0 Å². The van der Waals surface area contributed by atoms with Crippen molar-refractivity contribution < 1.29 is 35.8 Å². The monoisotopic (exact) mass is 668 g/mol. The fourth-order valence-electron chi connectivity index (χ4n) is 7.63. The van der Waals surface area contributed by atoms with Crippen LogP contribution in [0.5, 0.6) is 11.5 Å². The first kappa shape index (κ1) is 37.5. The Kier molecular flexibility index (Phi) is 14.7. The zero-order valence-electron chi connectivity index (χ0n) is 28.1. The third-order valence-electron chi connectivity index (χ3n) is 10.9. The van der Waals surface area contributed by atoms with E-state index in [0.29, 0.717) is 37.5 Å². The number of benzene rings is 1. The Morgan fingerprint density at radius 1 is 0.809 bits per heavy atom. The van der Waals surface area contributed by atoms with Gasteiger partial charge in [-0.3, -0.25) is 0 Å². The van der Waals surface area contributed by atoms with Gasteiger partial charge in [0.2, 0.25) is 11.6 Å². The summed E-state index contributed by atoms with van der Waals surface area (Å²) in [4.78, 5) is 0. The molecule has 47 heavy (non-hydrogen) atoms. The van der Waals surface area contributed by atoms with Gasteiger partial charge in [0.15, 0.2) is 17.7 Å². The summed E-state index contributed by atoms with van der Waals surface area (Å²) in [7, 11) is 0. The van der Waals surface area contributed by atoms with Crippen molar-refractivity contribution in [1.29, 1.82) is 0 Å². The van der Waals surface area contributed by atoms with Crippen LogP contribution in [0.3, 0.4) is 0 Å². The van der Waals surface area contributed by atoms with E-state index >= 15 is 8.78 Å². The number of allylic oxidation sites excluding steroid dienone is 1. The molecule has 8 heteroatoms. The maximum atomic E-state index is 15.1. The summed E-state index contributed by atoms with van der Waals surface area (Å²) in [5.74, 6) is 1.84. The van der Waals surface area contributed by atoms with Gasteiger partial charge in [-0.25, -0.2) is 8.78 Å². The van der Waals surface area contributed by atoms with Crippen molar-refractivity contribution in [2.45, 2.75) is 141 Å². The molecule has 0 amide bonds. The highest BCUT2D eigenvalue weighted by Gasteiger charge is 2.44. The van der Waals surface area contributed by atoms with Crippen LogP contribution < -0.4 is 9.47 Å². The van der Waals surface area contributed by atoms with Gasteiger partial charge >= 0.3 is 6.11 Å². The molecular formula is C39H54F6O2. The minimum absolute atomic E-state index is 0.0503. The first-order valence-corrected chi connectivity index (χ1v) is 18.2. The maximum absolute atomic E-state index is 15.1. The van der Waals surface area contributed by atoms with Crippen LogP contribution in [-0.4, -0.2) is 25.1 Å². The average Bonchev–Trinajstić information content (AvgIpc) is 3.09. The number of unbranched alkanes of at least 4 members (excludes halogenated alkanes) is 4. The zero-order valence-corrected chi connectivity index (χ0v) is 28.1. The van der Waals surface area contributed by atoms with Crippen LogP contribution in [0.1, 0.15) is 122 Å². The van der Waals surface area contributed by atoms with Gasteiger partial charge in [-0.05, 0) is 107 Å². The molecule has 0 heterocycles. The Bertz CT molecular complexity index is 1150. The van der Waals surface area contributed by atoms with Gasteiger partial charge in [-0.15, -0.1) is 6.58 Å². The fraction of sp³-hybridized carbons (Fsp3) is 0.744. The van der Waals surface area contributed by atoms with Crippen molar-refractivity contribution in [3.63, 3.8) is 0 Å². The molecule has 2 atom stereocenters. The third kappa shape index (κ3) is 11.1. The molecule has 1 aromatic carbocycles. The molecular weight excluding hydrogens is 614 g/mol. The summed E-state index contributed by atoms with van der Waals surface area (Å²) in [6.45, 7) is 5.16. The molecule has 3 aliphatic carbocycles. The Labute approximate surface area is 278 Å². The van der Waals surface area contributed by atoms with Crippen LogP contribution in [0.25, 0.3) is 0 Å². The van der Waals surface area contributed by atoms with E-state index < -0.39 is 60.0 Å². The molecule has 3 fully saturated rings. The summed E-state index contributed by atoms with van der Waals surface area (Å²) in [5.41, 5.74) is 0. The number of hydrogen-bond donors (Lipinski definition) is 0. The van der Waals surface area contributed by atoms with E-state index in [4.69, 9.17) is 9.47 Å². The molecule has 0 N–H and O–H groups in total. The Balaban J connectivity index is 1.19. The van der Waals surface area contributed by atoms with Crippen LogP contribution in [-0.2, 0) is 0 Å². The van der Waals surface area contributed by atoms with Crippen molar-refractivity contribution in [2.75, 3.05) is 6.61 Å². The first-order chi connectivity index (χ1) is 22.6. The first-order valence-electron chi connectivity index (χ1n) is 18.2. The van der Waals surface area contributed by atoms with Crippen LogP contribution in [0.2, 0.25) is 0 Å². The Morgan fingerprint density at radius 2 is 1.38 bits per heavy atom. The summed E-state index contributed by atoms with van der Waals surface area (Å²) in [6.07, 6.45) is 10.6. The van der Waals surface area contributed by atoms with Gasteiger partial charge in [-0.1, -0.05) is 63.4 Å². The quantitative estimate of drug-likeness (QED) is 0.0801. The number of alkyl halides is 4. The average molecular weight is 669 g/mol. The van der Waals surface area contributed by atoms with Crippen LogP contribution in [0.4, 0.5) is 26.3 Å². The van der Waals surface area contributed by atoms with Crippen LogP contribution >= 0.6 is 0 Å². The highest BCUT2D eigenvalue weighted by molar-refractivity contribution is 5.35. The van der Waals surface area contributed by atoms with Crippen molar-refractivity contribution in [3.8, 4) is 23.3 Å². The SMILES string of the molecule is C=CC1CCC(C(F)C(F)COc2ccc(OC(F)(F)C3CCC(C#CC4CCC(CCCCCCC)CC4)CC3)c(F)c2F)CC1. The lowest BCUT2D eigenvalue weighted by molar-refractivity contribution is -0.224. The summed E-state index contributed by atoms with van der Waals surface area (Å²) in [6, 6.07) is 1.75. The predicted octanol–water partition coefficient (Wildman–Crippen LogP) is 12.0. The lowest BCUT2D eigenvalue weighted by Crippen LogP contribution is -2.37. The minimum Gasteiger partial charge on any atom is -0.487 e. The molecule has 1 aromatic rings. The maximum Gasteiger partial charge on any atom is 0.400 e. The van der Waals surface area contributed by atoms with Crippen molar-refractivity contribution in [3.05, 3.63) is 36.4 Å². The zero-order chi connectivity index (χ0) is 33.8. The van der Waals surface area contributed by atoms with E-state index in [9.17, 15) is 17.6 Å². The lowest BCUT2D eigenvalue weighted by atomic mass is 9.78. The van der Waals surface area contributed by atoms with Gasteiger partial charge in [-0.2, -0.15) is 17.6 Å². The number of rotatable bonds is 15. The Morgan fingerprint density at radius 3 is 2.00 bits per heavy atom. The van der Waals surface area contributed by atoms with Gasteiger partial charge < -0.3 is 9.47 Å². The molecule has 2 nitrogen and oxygen atoms in total. The topological polar surface area (TPSA) is 18.5 Å². The largest absolute Gasteiger partial charge is 0.487 e. The highest BCUT2D eigenvalue weighted by Crippen LogP contribution is 2.42. The molecule has 0 aromatic heterocycles. The molecule has 0 bridgehead atoms. The molecule has 2 unspecified atom stereocenters. The van der Waals surface area contributed by atoms with Crippen LogP contribution in [0, 0.1) is 59.0 Å². The van der Waals surface area contributed by atoms with Gasteiger partial charge in [0.1, 0.15) is 12.8 Å². The number of hydrogen-bond acceptors (Lipinski definition) is 2. The Hall–Kier alpha value is -2.30. The second-order valence-corrected chi connectivity index (χ2v) is 14.3. The van der Waals surface area contributed by atoms with E-state index in [1.165, 1.54) is 51.4 Å². The lowest BCUT2D eigenvalue weighted by Gasteiger charge is -2.32. The second kappa shape index (κ2) is 18.5. The molecule has 0 saturated heterocycles. The van der Waals surface area contributed by atoms with Gasteiger partial charge in [0.25, 0.3) is 0 Å². The summed E-state index contributed by atoms with van der Waals surface area (Å²) in [5, 5.41) is 0. The fourth-order valence-corrected chi connectivity index (χ4v) is 7.63.